The van der Waals surface area contributed by atoms with Crippen molar-refractivity contribution < 1.29 is 9.90 Å². The third-order valence-corrected chi connectivity index (χ3v) is 2.39. The molecule has 0 saturated heterocycles. The van der Waals surface area contributed by atoms with Crippen LogP contribution in [0.4, 0.5) is 0 Å². The smallest absolute Gasteiger partial charge is 0.252 e. The van der Waals surface area contributed by atoms with Crippen molar-refractivity contribution in [3.63, 3.8) is 0 Å². The van der Waals surface area contributed by atoms with Crippen LogP contribution in [-0.2, 0) is 0 Å². The first-order valence-corrected chi connectivity index (χ1v) is 5.31. The van der Waals surface area contributed by atoms with Crippen LogP contribution >= 0.6 is 0 Å². The standard InChI is InChI=1S/C13H13NO2/c15-9-3-5-10-4-1-2-6-12(10)13(16)14-11-7-8-11/h1-2,4,6,11,15H,7-9H2,(H,14,16). The van der Waals surface area contributed by atoms with Crippen molar-refractivity contribution in [2.24, 2.45) is 0 Å². The van der Waals surface area contributed by atoms with E-state index >= 15 is 0 Å². The second kappa shape index (κ2) is 4.82. The van der Waals surface area contributed by atoms with Crippen molar-refractivity contribution in [1.29, 1.82) is 0 Å². The van der Waals surface area contributed by atoms with E-state index in [4.69, 9.17) is 5.11 Å². The van der Waals surface area contributed by atoms with Crippen LogP contribution in [0, 0.1) is 11.8 Å². The molecule has 0 aliphatic heterocycles. The van der Waals surface area contributed by atoms with E-state index in [-0.39, 0.29) is 12.5 Å². The van der Waals surface area contributed by atoms with Gasteiger partial charge in [-0.2, -0.15) is 0 Å². The van der Waals surface area contributed by atoms with Gasteiger partial charge in [0.1, 0.15) is 6.61 Å². The predicted molar refractivity (Wildman–Crippen MR) is 60.9 cm³/mol. The molecule has 0 bridgehead atoms. The highest BCUT2D eigenvalue weighted by Gasteiger charge is 2.24. The third kappa shape index (κ3) is 2.62. The average molecular weight is 215 g/mol. The number of hydrogen-bond acceptors (Lipinski definition) is 2. The highest BCUT2D eigenvalue weighted by atomic mass is 16.2. The number of aliphatic hydroxyl groups excluding tert-OH is 1. The lowest BCUT2D eigenvalue weighted by molar-refractivity contribution is 0.0951. The molecule has 0 radical (unpaired) electrons. The molecule has 16 heavy (non-hydrogen) atoms. The van der Waals surface area contributed by atoms with Gasteiger partial charge in [-0.15, -0.1) is 0 Å². The second-order valence-electron chi connectivity index (χ2n) is 3.75. The Morgan fingerprint density at radius 2 is 2.19 bits per heavy atom. The fraction of sp³-hybridized carbons (Fsp3) is 0.308. The Morgan fingerprint density at radius 1 is 1.44 bits per heavy atom. The quantitative estimate of drug-likeness (QED) is 0.721. The molecule has 0 unspecified atom stereocenters. The van der Waals surface area contributed by atoms with Crippen molar-refractivity contribution in [3.8, 4) is 11.8 Å². The molecule has 0 atom stereocenters. The molecule has 0 heterocycles. The van der Waals surface area contributed by atoms with Crippen LogP contribution in [0.3, 0.4) is 0 Å². The first-order chi connectivity index (χ1) is 7.81. The molecule has 1 saturated carbocycles. The van der Waals surface area contributed by atoms with Crippen LogP contribution in [0.1, 0.15) is 28.8 Å². The molecule has 2 rings (SSSR count). The monoisotopic (exact) mass is 215 g/mol. The zero-order chi connectivity index (χ0) is 11.4. The maximum atomic E-state index is 11.8. The Bertz CT molecular complexity index is 452. The summed E-state index contributed by atoms with van der Waals surface area (Å²) in [5.41, 5.74) is 1.24. The van der Waals surface area contributed by atoms with Crippen molar-refractivity contribution in [2.45, 2.75) is 18.9 Å². The molecule has 1 aliphatic carbocycles. The lowest BCUT2D eigenvalue weighted by atomic mass is 10.1. The summed E-state index contributed by atoms with van der Waals surface area (Å²) in [6, 6.07) is 7.51. The Balaban J connectivity index is 2.20. The number of amides is 1. The van der Waals surface area contributed by atoms with Gasteiger partial charge in [-0.05, 0) is 25.0 Å². The van der Waals surface area contributed by atoms with E-state index in [1.165, 1.54) is 0 Å². The minimum atomic E-state index is -0.196. The maximum absolute atomic E-state index is 11.8. The van der Waals surface area contributed by atoms with Gasteiger partial charge in [0.25, 0.3) is 5.91 Å². The van der Waals surface area contributed by atoms with Gasteiger partial charge in [0.15, 0.2) is 0 Å². The molecule has 0 spiro atoms. The fourth-order valence-corrected chi connectivity index (χ4v) is 1.42. The Kier molecular flexibility index (Phi) is 3.23. The van der Waals surface area contributed by atoms with E-state index in [9.17, 15) is 4.79 Å². The largest absolute Gasteiger partial charge is 0.384 e. The van der Waals surface area contributed by atoms with Gasteiger partial charge in [-0.25, -0.2) is 0 Å². The van der Waals surface area contributed by atoms with Gasteiger partial charge in [-0.1, -0.05) is 24.0 Å². The summed E-state index contributed by atoms with van der Waals surface area (Å²) in [5.74, 6) is 5.25. The molecule has 3 nitrogen and oxygen atoms in total. The molecule has 1 fully saturated rings. The topological polar surface area (TPSA) is 49.3 Å². The number of hydrogen-bond donors (Lipinski definition) is 2. The highest BCUT2D eigenvalue weighted by Crippen LogP contribution is 2.19. The van der Waals surface area contributed by atoms with E-state index in [0.29, 0.717) is 17.2 Å². The van der Waals surface area contributed by atoms with Crippen molar-refractivity contribution in [1.82, 2.24) is 5.32 Å². The molecular weight excluding hydrogens is 202 g/mol. The molecular formula is C13H13NO2. The number of carbonyl (C=O) groups is 1. The molecule has 2 N–H and O–H groups in total. The Hall–Kier alpha value is -1.79. The molecule has 0 aromatic heterocycles. The third-order valence-electron chi connectivity index (χ3n) is 2.39. The molecule has 3 heteroatoms. The SMILES string of the molecule is O=C(NC1CC1)c1ccccc1C#CCO. The second-order valence-corrected chi connectivity index (χ2v) is 3.75. The number of aliphatic hydroxyl groups is 1. The van der Waals surface area contributed by atoms with Crippen molar-refractivity contribution >= 4 is 5.91 Å². The summed E-state index contributed by atoms with van der Waals surface area (Å²) in [6.07, 6.45) is 2.13. The van der Waals surface area contributed by atoms with Crippen LogP contribution < -0.4 is 5.32 Å². The number of rotatable bonds is 2. The highest BCUT2D eigenvalue weighted by molar-refractivity contribution is 5.97. The molecule has 1 aliphatic rings. The minimum Gasteiger partial charge on any atom is -0.384 e. The molecule has 1 aromatic rings. The zero-order valence-corrected chi connectivity index (χ0v) is 8.86. The predicted octanol–water partition coefficient (Wildman–Crippen LogP) is 0.923. The summed E-state index contributed by atoms with van der Waals surface area (Å²) in [5, 5.41) is 11.6. The van der Waals surface area contributed by atoms with E-state index in [2.05, 4.69) is 17.2 Å². The van der Waals surface area contributed by atoms with Crippen LogP contribution in [0.25, 0.3) is 0 Å². The van der Waals surface area contributed by atoms with Crippen LogP contribution in [-0.4, -0.2) is 23.7 Å². The lowest BCUT2D eigenvalue weighted by Gasteiger charge is -2.04. The molecule has 82 valence electrons. The summed E-state index contributed by atoms with van der Waals surface area (Å²) in [7, 11) is 0. The van der Waals surface area contributed by atoms with E-state index in [0.717, 1.165) is 12.8 Å². The van der Waals surface area contributed by atoms with Gasteiger partial charge >= 0.3 is 0 Å². The Morgan fingerprint density at radius 3 is 2.88 bits per heavy atom. The normalized spacial score (nSPS) is 13.8. The van der Waals surface area contributed by atoms with E-state index in [1.54, 1.807) is 12.1 Å². The van der Waals surface area contributed by atoms with Crippen molar-refractivity contribution in [2.75, 3.05) is 6.61 Å². The maximum Gasteiger partial charge on any atom is 0.252 e. The van der Waals surface area contributed by atoms with Gasteiger partial charge in [0.05, 0.1) is 5.56 Å². The number of benzene rings is 1. The van der Waals surface area contributed by atoms with E-state index < -0.39 is 0 Å². The van der Waals surface area contributed by atoms with Crippen molar-refractivity contribution in [3.05, 3.63) is 35.4 Å². The number of nitrogens with one attached hydrogen (secondary N) is 1. The fourth-order valence-electron chi connectivity index (χ4n) is 1.42. The lowest BCUT2D eigenvalue weighted by Crippen LogP contribution is -2.26. The molecule has 1 amide bonds. The summed E-state index contributed by atoms with van der Waals surface area (Å²) in [6.45, 7) is -0.196. The number of carbonyl (C=O) groups excluding carboxylic acids is 1. The zero-order valence-electron chi connectivity index (χ0n) is 8.86. The summed E-state index contributed by atoms with van der Waals surface area (Å²) in [4.78, 5) is 11.8. The van der Waals surface area contributed by atoms with Gasteiger partial charge in [-0.3, -0.25) is 4.79 Å². The van der Waals surface area contributed by atoms with E-state index in [1.807, 2.05) is 12.1 Å². The van der Waals surface area contributed by atoms with Crippen LogP contribution in [0.2, 0.25) is 0 Å². The average Bonchev–Trinajstić information content (AvgIpc) is 3.10. The van der Waals surface area contributed by atoms with Gasteiger partial charge < -0.3 is 10.4 Å². The van der Waals surface area contributed by atoms with Crippen LogP contribution in [0.15, 0.2) is 24.3 Å². The first kappa shape index (κ1) is 10.7. The van der Waals surface area contributed by atoms with Gasteiger partial charge in [0.2, 0.25) is 0 Å². The summed E-state index contributed by atoms with van der Waals surface area (Å²) >= 11 is 0. The summed E-state index contributed by atoms with van der Waals surface area (Å²) < 4.78 is 0. The first-order valence-electron chi connectivity index (χ1n) is 5.31. The Labute approximate surface area is 94.5 Å². The minimum absolute atomic E-state index is 0.0784. The molecule has 1 aromatic carbocycles. The van der Waals surface area contributed by atoms with Crippen LogP contribution in [0.5, 0.6) is 0 Å². The van der Waals surface area contributed by atoms with Gasteiger partial charge in [0, 0.05) is 11.6 Å².